The maximum atomic E-state index is 5.47. The molecule has 2 rings (SSSR count). The first-order chi connectivity index (χ1) is 8.88. The van der Waals surface area contributed by atoms with Crippen LogP contribution in [0, 0.1) is 0 Å². The van der Waals surface area contributed by atoms with Gasteiger partial charge in [0.2, 0.25) is 0 Å². The fraction of sp³-hybridized carbons (Fsp3) is 0.357. The van der Waals surface area contributed by atoms with Gasteiger partial charge in [-0.3, -0.25) is 0 Å². The summed E-state index contributed by atoms with van der Waals surface area (Å²) in [5.41, 5.74) is 1.24. The van der Waals surface area contributed by atoms with Crippen LogP contribution in [-0.4, -0.2) is 22.7 Å². The van der Waals surface area contributed by atoms with Gasteiger partial charge in [0.05, 0.1) is 12.9 Å². The average molecular weight is 245 g/mol. The highest BCUT2D eigenvalue weighted by Crippen LogP contribution is 2.12. The van der Waals surface area contributed by atoms with Crippen molar-refractivity contribution in [2.75, 3.05) is 13.2 Å². The van der Waals surface area contributed by atoms with Crippen LogP contribution in [0.3, 0.4) is 0 Å². The van der Waals surface area contributed by atoms with Gasteiger partial charge in [-0.25, -0.2) is 4.98 Å². The van der Waals surface area contributed by atoms with Crippen LogP contribution in [0.2, 0.25) is 0 Å². The topological polar surface area (TPSA) is 39.1 Å². The molecule has 4 nitrogen and oxygen atoms in total. The standard InChI is InChI=1S/C14H19N3O/c1-2-18-14-5-3-4-13(10-14)11-15-6-8-17-9-7-16-12-17/h3-5,7,9-10,12,15H,2,6,8,11H2,1H3. The SMILES string of the molecule is CCOc1cccc(CNCCn2ccnc2)c1. The fourth-order valence-corrected chi connectivity index (χ4v) is 1.77. The van der Waals surface area contributed by atoms with Gasteiger partial charge in [-0.2, -0.15) is 0 Å². The molecule has 4 heteroatoms. The Morgan fingerprint density at radius 3 is 3.11 bits per heavy atom. The number of benzene rings is 1. The Hall–Kier alpha value is -1.81. The molecule has 2 aromatic rings. The van der Waals surface area contributed by atoms with Gasteiger partial charge in [0.1, 0.15) is 5.75 Å². The summed E-state index contributed by atoms with van der Waals surface area (Å²) < 4.78 is 7.53. The van der Waals surface area contributed by atoms with E-state index in [9.17, 15) is 0 Å². The number of nitrogens with one attached hydrogen (secondary N) is 1. The number of nitrogens with zero attached hydrogens (tertiary/aromatic N) is 2. The molecule has 0 atom stereocenters. The third-order valence-corrected chi connectivity index (χ3v) is 2.64. The highest BCUT2D eigenvalue weighted by atomic mass is 16.5. The van der Waals surface area contributed by atoms with Gasteiger partial charge in [-0.05, 0) is 24.6 Å². The number of ether oxygens (including phenoxy) is 1. The Balaban J connectivity index is 1.74. The van der Waals surface area contributed by atoms with Crippen LogP contribution in [0.4, 0.5) is 0 Å². The van der Waals surface area contributed by atoms with Crippen molar-refractivity contribution in [1.82, 2.24) is 14.9 Å². The fourth-order valence-electron chi connectivity index (χ4n) is 1.77. The summed E-state index contributed by atoms with van der Waals surface area (Å²) in [6.07, 6.45) is 5.60. The Kier molecular flexibility index (Phi) is 4.78. The number of rotatable bonds is 7. The Bertz CT molecular complexity index is 454. The monoisotopic (exact) mass is 245 g/mol. The first-order valence-electron chi connectivity index (χ1n) is 6.26. The molecule has 1 aromatic carbocycles. The lowest BCUT2D eigenvalue weighted by Gasteiger charge is -2.08. The number of imidazole rings is 1. The van der Waals surface area contributed by atoms with Gasteiger partial charge in [0.25, 0.3) is 0 Å². The summed E-state index contributed by atoms with van der Waals surface area (Å²) in [6, 6.07) is 8.19. The summed E-state index contributed by atoms with van der Waals surface area (Å²) in [5, 5.41) is 3.41. The quantitative estimate of drug-likeness (QED) is 0.759. The van der Waals surface area contributed by atoms with Crippen molar-refractivity contribution in [2.24, 2.45) is 0 Å². The second-order valence-electron chi connectivity index (χ2n) is 4.06. The van der Waals surface area contributed by atoms with Crippen LogP contribution in [0.15, 0.2) is 43.0 Å². The van der Waals surface area contributed by atoms with Gasteiger partial charge < -0.3 is 14.6 Å². The first-order valence-corrected chi connectivity index (χ1v) is 6.26. The molecule has 96 valence electrons. The maximum Gasteiger partial charge on any atom is 0.119 e. The van der Waals surface area contributed by atoms with Gasteiger partial charge in [-0.1, -0.05) is 12.1 Å². The number of aromatic nitrogens is 2. The van der Waals surface area contributed by atoms with Gasteiger partial charge in [-0.15, -0.1) is 0 Å². The molecule has 1 aromatic heterocycles. The molecule has 0 aliphatic rings. The molecular formula is C14H19N3O. The number of hydrogen-bond acceptors (Lipinski definition) is 3. The predicted molar refractivity (Wildman–Crippen MR) is 71.5 cm³/mol. The minimum absolute atomic E-state index is 0.706. The molecule has 0 aliphatic heterocycles. The highest BCUT2D eigenvalue weighted by Gasteiger charge is 1.96. The molecule has 18 heavy (non-hydrogen) atoms. The van der Waals surface area contributed by atoms with Gasteiger partial charge >= 0.3 is 0 Å². The molecule has 0 amide bonds. The van der Waals surface area contributed by atoms with Crippen LogP contribution in [-0.2, 0) is 13.1 Å². The molecule has 1 N–H and O–H groups in total. The lowest BCUT2D eigenvalue weighted by atomic mass is 10.2. The summed E-state index contributed by atoms with van der Waals surface area (Å²) in [4.78, 5) is 4.01. The average Bonchev–Trinajstić information content (AvgIpc) is 2.89. The van der Waals surface area contributed by atoms with E-state index in [-0.39, 0.29) is 0 Å². The van der Waals surface area contributed by atoms with Crippen LogP contribution in [0.25, 0.3) is 0 Å². The van der Waals surface area contributed by atoms with Crippen LogP contribution in [0.1, 0.15) is 12.5 Å². The molecule has 0 spiro atoms. The largest absolute Gasteiger partial charge is 0.494 e. The Morgan fingerprint density at radius 2 is 2.33 bits per heavy atom. The van der Waals surface area contributed by atoms with Crippen molar-refractivity contribution in [1.29, 1.82) is 0 Å². The van der Waals surface area contributed by atoms with Crippen molar-refractivity contribution in [3.8, 4) is 5.75 Å². The third-order valence-electron chi connectivity index (χ3n) is 2.64. The van der Waals surface area contributed by atoms with E-state index in [1.54, 1.807) is 6.20 Å². The molecule has 0 unspecified atom stereocenters. The molecule has 0 radical (unpaired) electrons. The van der Waals surface area contributed by atoms with Crippen LogP contribution >= 0.6 is 0 Å². The highest BCUT2D eigenvalue weighted by molar-refractivity contribution is 5.28. The van der Waals surface area contributed by atoms with E-state index in [0.29, 0.717) is 6.61 Å². The predicted octanol–water partition coefficient (Wildman–Crippen LogP) is 2.07. The Labute approximate surface area is 108 Å². The van der Waals surface area contributed by atoms with Crippen molar-refractivity contribution in [2.45, 2.75) is 20.0 Å². The van der Waals surface area contributed by atoms with Crippen molar-refractivity contribution in [3.63, 3.8) is 0 Å². The lowest BCUT2D eigenvalue weighted by molar-refractivity contribution is 0.340. The molecule has 0 bridgehead atoms. The zero-order chi connectivity index (χ0) is 12.6. The summed E-state index contributed by atoms with van der Waals surface area (Å²) in [6.45, 7) is 5.42. The van der Waals surface area contributed by atoms with E-state index in [0.717, 1.165) is 25.4 Å². The minimum atomic E-state index is 0.706. The van der Waals surface area contributed by atoms with E-state index >= 15 is 0 Å². The normalized spacial score (nSPS) is 10.5. The molecular weight excluding hydrogens is 226 g/mol. The van der Waals surface area contributed by atoms with Gasteiger partial charge in [0, 0.05) is 32.0 Å². The van der Waals surface area contributed by atoms with E-state index in [2.05, 4.69) is 27.0 Å². The molecule has 0 fully saturated rings. The van der Waals surface area contributed by atoms with E-state index in [4.69, 9.17) is 4.74 Å². The summed E-state index contributed by atoms with van der Waals surface area (Å²) in [7, 11) is 0. The number of hydrogen-bond donors (Lipinski definition) is 1. The maximum absolute atomic E-state index is 5.47. The van der Waals surface area contributed by atoms with E-state index in [1.807, 2.05) is 31.6 Å². The smallest absolute Gasteiger partial charge is 0.119 e. The third kappa shape index (κ3) is 3.89. The van der Waals surface area contributed by atoms with Crippen molar-refractivity contribution in [3.05, 3.63) is 48.5 Å². The van der Waals surface area contributed by atoms with Gasteiger partial charge in [0.15, 0.2) is 0 Å². The zero-order valence-corrected chi connectivity index (χ0v) is 10.7. The molecule has 1 heterocycles. The van der Waals surface area contributed by atoms with E-state index in [1.165, 1.54) is 5.56 Å². The van der Waals surface area contributed by atoms with Crippen molar-refractivity contribution >= 4 is 0 Å². The second-order valence-corrected chi connectivity index (χ2v) is 4.06. The summed E-state index contributed by atoms with van der Waals surface area (Å²) in [5.74, 6) is 0.936. The van der Waals surface area contributed by atoms with Crippen molar-refractivity contribution < 1.29 is 4.74 Å². The second kappa shape index (κ2) is 6.81. The zero-order valence-electron chi connectivity index (χ0n) is 10.7. The lowest BCUT2D eigenvalue weighted by Crippen LogP contribution is -2.18. The van der Waals surface area contributed by atoms with E-state index < -0.39 is 0 Å². The first kappa shape index (κ1) is 12.6. The molecule has 0 saturated heterocycles. The molecule has 0 saturated carbocycles. The Morgan fingerprint density at radius 1 is 1.39 bits per heavy atom. The minimum Gasteiger partial charge on any atom is -0.494 e. The summed E-state index contributed by atoms with van der Waals surface area (Å²) >= 11 is 0. The van der Waals surface area contributed by atoms with Crippen LogP contribution in [0.5, 0.6) is 5.75 Å². The van der Waals surface area contributed by atoms with Crippen LogP contribution < -0.4 is 10.1 Å². The molecule has 0 aliphatic carbocycles.